The molecule has 0 saturated carbocycles. The van der Waals surface area contributed by atoms with Gasteiger partial charge in [0.15, 0.2) is 0 Å². The van der Waals surface area contributed by atoms with E-state index in [0.29, 0.717) is 18.5 Å². The number of hydrogen-bond donors (Lipinski definition) is 1. The van der Waals surface area contributed by atoms with E-state index in [-0.39, 0.29) is 5.82 Å². The van der Waals surface area contributed by atoms with E-state index in [1.165, 1.54) is 11.6 Å². The Labute approximate surface area is 127 Å². The van der Waals surface area contributed by atoms with Gasteiger partial charge >= 0.3 is 0 Å². The number of fused-ring (bicyclic) bond motifs is 1. The van der Waals surface area contributed by atoms with Gasteiger partial charge in [-0.05, 0) is 44.0 Å². The largest absolute Gasteiger partial charge is 0.326 e. The lowest BCUT2D eigenvalue weighted by Gasteiger charge is -2.07. The Morgan fingerprint density at radius 2 is 2.05 bits per heavy atom. The van der Waals surface area contributed by atoms with Crippen molar-refractivity contribution in [2.45, 2.75) is 33.9 Å². The molecule has 5 heteroatoms. The van der Waals surface area contributed by atoms with Gasteiger partial charge in [-0.1, -0.05) is 6.07 Å². The normalized spacial score (nSPS) is 11.5. The lowest BCUT2D eigenvalue weighted by molar-refractivity contribution is 0.631. The Kier molecular flexibility index (Phi) is 3.55. The van der Waals surface area contributed by atoms with Gasteiger partial charge in [-0.2, -0.15) is 5.10 Å². The first-order chi connectivity index (χ1) is 10.0. The van der Waals surface area contributed by atoms with Crippen molar-refractivity contribution >= 4 is 21.4 Å². The molecular formula is C16H18FN3S. The van der Waals surface area contributed by atoms with E-state index in [2.05, 4.69) is 12.0 Å². The number of nitrogens with two attached hydrogens (primary N) is 1. The number of rotatable bonds is 3. The summed E-state index contributed by atoms with van der Waals surface area (Å²) in [6.45, 7) is 7.09. The van der Waals surface area contributed by atoms with Crippen LogP contribution in [0.4, 0.5) is 4.39 Å². The molecule has 0 amide bonds. The summed E-state index contributed by atoms with van der Waals surface area (Å²) in [5.41, 5.74) is 10.1. The highest BCUT2D eigenvalue weighted by Crippen LogP contribution is 2.33. The molecule has 0 radical (unpaired) electrons. The van der Waals surface area contributed by atoms with Crippen molar-refractivity contribution in [1.29, 1.82) is 0 Å². The number of benzene rings is 1. The SMILES string of the molecule is Cc1nn(Cc2c(CN)sc3cccc(F)c23)c(C)c1C. The third-order valence-electron chi connectivity index (χ3n) is 4.08. The lowest BCUT2D eigenvalue weighted by atomic mass is 10.1. The van der Waals surface area contributed by atoms with E-state index in [9.17, 15) is 4.39 Å². The Hall–Kier alpha value is -1.72. The van der Waals surface area contributed by atoms with Crippen LogP contribution < -0.4 is 5.73 Å². The van der Waals surface area contributed by atoms with Gasteiger partial charge in [-0.15, -0.1) is 11.3 Å². The molecule has 0 atom stereocenters. The van der Waals surface area contributed by atoms with Gasteiger partial charge in [0.2, 0.25) is 0 Å². The molecule has 110 valence electrons. The van der Waals surface area contributed by atoms with Gasteiger partial charge in [-0.3, -0.25) is 4.68 Å². The summed E-state index contributed by atoms with van der Waals surface area (Å²) < 4.78 is 17.1. The second-order valence-corrected chi connectivity index (χ2v) is 6.41. The minimum Gasteiger partial charge on any atom is -0.326 e. The molecule has 0 fully saturated rings. The molecule has 21 heavy (non-hydrogen) atoms. The fourth-order valence-corrected chi connectivity index (χ4v) is 3.75. The molecule has 2 aromatic heterocycles. The number of thiophene rings is 1. The van der Waals surface area contributed by atoms with Gasteiger partial charge in [0, 0.05) is 27.2 Å². The smallest absolute Gasteiger partial charge is 0.132 e. The van der Waals surface area contributed by atoms with E-state index >= 15 is 0 Å². The third-order valence-corrected chi connectivity index (χ3v) is 5.30. The van der Waals surface area contributed by atoms with Crippen LogP contribution in [0.15, 0.2) is 18.2 Å². The van der Waals surface area contributed by atoms with Crippen LogP contribution in [0, 0.1) is 26.6 Å². The van der Waals surface area contributed by atoms with E-state index in [1.54, 1.807) is 17.4 Å². The van der Waals surface area contributed by atoms with E-state index in [1.807, 2.05) is 24.6 Å². The van der Waals surface area contributed by atoms with Crippen LogP contribution in [-0.2, 0) is 13.1 Å². The molecular weight excluding hydrogens is 285 g/mol. The molecule has 0 aliphatic carbocycles. The summed E-state index contributed by atoms with van der Waals surface area (Å²) in [6, 6.07) is 5.19. The monoisotopic (exact) mass is 303 g/mol. The average Bonchev–Trinajstić information content (AvgIpc) is 2.94. The Morgan fingerprint density at radius 3 is 2.67 bits per heavy atom. The molecule has 3 rings (SSSR count). The maximum Gasteiger partial charge on any atom is 0.132 e. The number of halogens is 1. The van der Waals surface area contributed by atoms with Gasteiger partial charge in [0.25, 0.3) is 0 Å². The van der Waals surface area contributed by atoms with Crippen molar-refractivity contribution in [3.63, 3.8) is 0 Å². The summed E-state index contributed by atoms with van der Waals surface area (Å²) in [7, 11) is 0. The summed E-state index contributed by atoms with van der Waals surface area (Å²) in [4.78, 5) is 1.03. The predicted molar refractivity (Wildman–Crippen MR) is 85.2 cm³/mol. The fraction of sp³-hybridized carbons (Fsp3) is 0.312. The van der Waals surface area contributed by atoms with Crippen molar-refractivity contribution in [3.05, 3.63) is 51.4 Å². The third kappa shape index (κ3) is 2.26. The molecule has 0 aliphatic heterocycles. The fourth-order valence-electron chi connectivity index (χ4n) is 2.64. The minimum absolute atomic E-state index is 0.184. The Bertz CT molecular complexity index is 817. The van der Waals surface area contributed by atoms with Crippen LogP contribution in [0.2, 0.25) is 0 Å². The molecule has 0 unspecified atom stereocenters. The molecule has 2 N–H and O–H groups in total. The van der Waals surface area contributed by atoms with Crippen molar-refractivity contribution in [2.24, 2.45) is 5.73 Å². The van der Waals surface area contributed by atoms with Crippen LogP contribution in [0.3, 0.4) is 0 Å². The standard InChI is InChI=1S/C16H18FN3S/c1-9-10(2)19-20(11(9)3)8-12-15(7-18)21-14-6-4-5-13(17)16(12)14/h4-6H,7-8,18H2,1-3H3. The summed E-state index contributed by atoms with van der Waals surface area (Å²) in [5, 5.41) is 5.24. The Morgan fingerprint density at radius 1 is 1.29 bits per heavy atom. The molecule has 3 aromatic rings. The van der Waals surface area contributed by atoms with E-state index < -0.39 is 0 Å². The molecule has 0 saturated heterocycles. The first-order valence-corrected chi connectivity index (χ1v) is 7.74. The molecule has 0 bridgehead atoms. The maximum absolute atomic E-state index is 14.2. The van der Waals surface area contributed by atoms with Gasteiger partial charge in [0.1, 0.15) is 5.82 Å². The molecule has 0 aliphatic rings. The van der Waals surface area contributed by atoms with Gasteiger partial charge in [0.05, 0.1) is 12.2 Å². The average molecular weight is 303 g/mol. The predicted octanol–water partition coefficient (Wildman–Crippen LogP) is 3.67. The van der Waals surface area contributed by atoms with Crippen LogP contribution in [0.25, 0.3) is 10.1 Å². The molecule has 1 aromatic carbocycles. The zero-order chi connectivity index (χ0) is 15.1. The molecule has 2 heterocycles. The van der Waals surface area contributed by atoms with Crippen LogP contribution >= 0.6 is 11.3 Å². The van der Waals surface area contributed by atoms with E-state index in [0.717, 1.165) is 26.5 Å². The zero-order valence-corrected chi connectivity index (χ0v) is 13.2. The number of nitrogens with zero attached hydrogens (tertiary/aromatic N) is 2. The van der Waals surface area contributed by atoms with Crippen molar-refractivity contribution in [1.82, 2.24) is 9.78 Å². The highest BCUT2D eigenvalue weighted by molar-refractivity contribution is 7.19. The van der Waals surface area contributed by atoms with Crippen molar-refractivity contribution in [2.75, 3.05) is 0 Å². The first-order valence-electron chi connectivity index (χ1n) is 6.92. The van der Waals surface area contributed by atoms with Crippen molar-refractivity contribution in [3.8, 4) is 0 Å². The van der Waals surface area contributed by atoms with Crippen LogP contribution in [0.1, 0.15) is 27.4 Å². The van der Waals surface area contributed by atoms with Crippen molar-refractivity contribution < 1.29 is 4.39 Å². The number of aryl methyl sites for hydroxylation is 1. The van der Waals surface area contributed by atoms with Gasteiger partial charge < -0.3 is 5.73 Å². The second kappa shape index (κ2) is 5.24. The summed E-state index contributed by atoms with van der Waals surface area (Å²) in [5.74, 6) is -0.184. The summed E-state index contributed by atoms with van der Waals surface area (Å²) >= 11 is 1.57. The molecule has 3 nitrogen and oxygen atoms in total. The summed E-state index contributed by atoms with van der Waals surface area (Å²) in [6.07, 6.45) is 0. The maximum atomic E-state index is 14.2. The molecule has 0 spiro atoms. The Balaban J connectivity index is 2.17. The van der Waals surface area contributed by atoms with Crippen LogP contribution in [0.5, 0.6) is 0 Å². The second-order valence-electron chi connectivity index (χ2n) is 5.27. The highest BCUT2D eigenvalue weighted by Gasteiger charge is 2.17. The number of aromatic nitrogens is 2. The zero-order valence-electron chi connectivity index (χ0n) is 12.4. The van der Waals surface area contributed by atoms with Gasteiger partial charge in [-0.25, -0.2) is 4.39 Å². The lowest BCUT2D eigenvalue weighted by Crippen LogP contribution is -2.07. The topological polar surface area (TPSA) is 43.8 Å². The minimum atomic E-state index is -0.184. The quantitative estimate of drug-likeness (QED) is 0.802. The van der Waals surface area contributed by atoms with E-state index in [4.69, 9.17) is 5.73 Å². The first kappa shape index (κ1) is 14.2. The number of hydrogen-bond acceptors (Lipinski definition) is 3. The highest BCUT2D eigenvalue weighted by atomic mass is 32.1. The van der Waals surface area contributed by atoms with Crippen LogP contribution in [-0.4, -0.2) is 9.78 Å².